The van der Waals surface area contributed by atoms with Gasteiger partial charge in [0.2, 0.25) is 0 Å². The van der Waals surface area contributed by atoms with Crippen molar-refractivity contribution in [1.29, 1.82) is 0 Å². The average molecular weight is 740 g/mol. The van der Waals surface area contributed by atoms with Gasteiger partial charge in [0.1, 0.15) is 6.54 Å². The predicted octanol–water partition coefficient (Wildman–Crippen LogP) is 5.99. The smallest absolute Gasteiger partial charge is 0.360 e. The maximum atomic E-state index is 12.7. The number of hydrogen-bond donors (Lipinski definition) is 4. The predicted molar refractivity (Wildman–Crippen MR) is 194 cm³/mol. The summed E-state index contributed by atoms with van der Waals surface area (Å²) in [6.07, 6.45) is 4.52. The fourth-order valence-corrected chi connectivity index (χ4v) is 7.10. The van der Waals surface area contributed by atoms with Crippen LogP contribution in [0.3, 0.4) is 0 Å². The van der Waals surface area contributed by atoms with Crippen molar-refractivity contribution in [2.75, 3.05) is 13.2 Å². The topological polar surface area (TPSA) is 193 Å². The number of unbranched alkanes of at least 4 members (excludes halogenated alkanes) is 1. The first-order valence-corrected chi connectivity index (χ1v) is 18.2. The van der Waals surface area contributed by atoms with E-state index in [1.807, 2.05) is 31.2 Å². The Kier molecular flexibility index (Phi) is 12.4. The lowest BCUT2D eigenvalue weighted by Crippen LogP contribution is -2.29. The standard InChI is InChI=1S/C20H19NO4S.C18H14N2O5S/c1-2-3-11-25-20(23)18-19(22)17-10-9-16(12-14(17)13-21-18)26(24)15-7-5-4-6-8-15;21-15(22)10-20-18(24)16-17(23)14-7-6-13(8-11(14)9-19-16)26(25)12-4-2-1-3-5-12/h4-10,12-13,22H,2-3,11H2,1H3;1-9,23H,10H2,(H,20,24)(H,21,22). The van der Waals surface area contributed by atoms with Crippen molar-refractivity contribution in [3.63, 3.8) is 0 Å². The zero-order chi connectivity index (χ0) is 37.2. The molecule has 4 aromatic carbocycles. The summed E-state index contributed by atoms with van der Waals surface area (Å²) < 4.78 is 30.4. The number of nitrogens with one attached hydrogen (secondary N) is 1. The van der Waals surface area contributed by atoms with E-state index in [0.29, 0.717) is 47.7 Å². The number of aliphatic carboxylic acids is 1. The molecule has 14 heteroatoms. The van der Waals surface area contributed by atoms with E-state index in [-0.39, 0.29) is 22.9 Å². The summed E-state index contributed by atoms with van der Waals surface area (Å²) in [6.45, 7) is 1.72. The van der Waals surface area contributed by atoms with Crippen LogP contribution in [0.5, 0.6) is 11.5 Å². The van der Waals surface area contributed by atoms with Gasteiger partial charge in [-0.15, -0.1) is 0 Å². The molecule has 0 bridgehead atoms. The van der Waals surface area contributed by atoms with Crippen LogP contribution in [0.25, 0.3) is 21.5 Å². The van der Waals surface area contributed by atoms with Gasteiger partial charge in [-0.3, -0.25) is 9.59 Å². The van der Waals surface area contributed by atoms with Crippen LogP contribution in [0, 0.1) is 0 Å². The van der Waals surface area contributed by atoms with Crippen LogP contribution in [0.4, 0.5) is 0 Å². The summed E-state index contributed by atoms with van der Waals surface area (Å²) in [6, 6.07) is 27.9. The quantitative estimate of drug-likeness (QED) is 0.0902. The molecule has 0 spiro atoms. The molecule has 12 nitrogen and oxygen atoms in total. The second-order valence-electron chi connectivity index (χ2n) is 11.1. The zero-order valence-electron chi connectivity index (χ0n) is 27.7. The van der Waals surface area contributed by atoms with Gasteiger partial charge in [-0.1, -0.05) is 49.7 Å². The van der Waals surface area contributed by atoms with E-state index in [0.717, 1.165) is 12.8 Å². The Hall–Kier alpha value is -5.99. The number of benzene rings is 4. The van der Waals surface area contributed by atoms with E-state index in [9.17, 15) is 33.0 Å². The molecule has 0 aliphatic heterocycles. The molecular formula is C38H33N3O9S2. The van der Waals surface area contributed by atoms with Crippen molar-refractivity contribution >= 4 is 61.0 Å². The first kappa shape index (κ1) is 37.3. The van der Waals surface area contributed by atoms with Gasteiger partial charge in [-0.2, -0.15) is 0 Å². The molecule has 1 amide bonds. The van der Waals surface area contributed by atoms with Gasteiger partial charge < -0.3 is 25.4 Å². The molecule has 2 heterocycles. The number of rotatable bonds is 11. The number of esters is 1. The third kappa shape index (κ3) is 8.83. The van der Waals surface area contributed by atoms with Crippen LogP contribution < -0.4 is 5.32 Å². The minimum absolute atomic E-state index is 0.106. The lowest BCUT2D eigenvalue weighted by atomic mass is 10.1. The van der Waals surface area contributed by atoms with E-state index in [4.69, 9.17) is 9.84 Å². The largest absolute Gasteiger partial charge is 0.505 e. The molecule has 2 unspecified atom stereocenters. The summed E-state index contributed by atoms with van der Waals surface area (Å²) in [4.78, 5) is 44.9. The Balaban J connectivity index is 0.000000201. The molecule has 4 N–H and O–H groups in total. The van der Waals surface area contributed by atoms with E-state index in [2.05, 4.69) is 15.3 Å². The lowest BCUT2D eigenvalue weighted by Gasteiger charge is -2.09. The monoisotopic (exact) mass is 739 g/mol. The second kappa shape index (κ2) is 17.3. The van der Waals surface area contributed by atoms with E-state index in [1.54, 1.807) is 72.8 Å². The summed E-state index contributed by atoms with van der Waals surface area (Å²) in [5.74, 6) is -3.21. The molecule has 6 aromatic rings. The van der Waals surface area contributed by atoms with Crippen molar-refractivity contribution in [1.82, 2.24) is 15.3 Å². The highest BCUT2D eigenvalue weighted by atomic mass is 32.2. The fraction of sp³-hybridized carbons (Fsp3) is 0.132. The first-order valence-electron chi connectivity index (χ1n) is 15.9. The maximum Gasteiger partial charge on any atom is 0.360 e. The van der Waals surface area contributed by atoms with Crippen molar-refractivity contribution < 1.29 is 42.9 Å². The number of aromatic hydroxyl groups is 2. The number of ether oxygens (including phenoxy) is 1. The summed E-state index contributed by atoms with van der Waals surface area (Å²) in [7, 11) is -2.72. The summed E-state index contributed by atoms with van der Waals surface area (Å²) >= 11 is 0. The number of carboxylic acids is 1. The average Bonchev–Trinajstić information content (AvgIpc) is 3.17. The third-order valence-electron chi connectivity index (χ3n) is 7.55. The Morgan fingerprint density at radius 2 is 1.17 bits per heavy atom. The van der Waals surface area contributed by atoms with Gasteiger partial charge >= 0.3 is 11.9 Å². The number of pyridine rings is 2. The number of hydrogen-bond acceptors (Lipinski definition) is 10. The first-order chi connectivity index (χ1) is 25.1. The van der Waals surface area contributed by atoms with Crippen LogP contribution in [0.1, 0.15) is 40.7 Å². The van der Waals surface area contributed by atoms with Crippen LogP contribution >= 0.6 is 0 Å². The van der Waals surface area contributed by atoms with Crippen LogP contribution in [0.2, 0.25) is 0 Å². The Labute approximate surface area is 303 Å². The highest BCUT2D eigenvalue weighted by molar-refractivity contribution is 7.85. The van der Waals surface area contributed by atoms with Crippen molar-refractivity contribution in [2.45, 2.75) is 39.3 Å². The minimum atomic E-state index is -1.39. The molecule has 2 aromatic heterocycles. The molecule has 2 atom stereocenters. The molecule has 0 aliphatic rings. The molecular weight excluding hydrogens is 707 g/mol. The molecule has 0 aliphatic carbocycles. The van der Waals surface area contributed by atoms with Gasteiger partial charge in [-0.05, 0) is 67.1 Å². The Bertz CT molecular complexity index is 2300. The van der Waals surface area contributed by atoms with Crippen molar-refractivity contribution in [3.8, 4) is 11.5 Å². The molecule has 0 fully saturated rings. The highest BCUT2D eigenvalue weighted by Gasteiger charge is 2.19. The third-order valence-corrected chi connectivity index (χ3v) is 10.3. The second-order valence-corrected chi connectivity index (χ2v) is 14.1. The number of amides is 1. The Morgan fingerprint density at radius 3 is 1.65 bits per heavy atom. The van der Waals surface area contributed by atoms with Crippen LogP contribution in [0.15, 0.2) is 129 Å². The highest BCUT2D eigenvalue weighted by Crippen LogP contribution is 2.31. The summed E-state index contributed by atoms with van der Waals surface area (Å²) in [5.41, 5.74) is -0.374. The van der Waals surface area contributed by atoms with E-state index >= 15 is 0 Å². The number of nitrogens with zero attached hydrogens (tertiary/aromatic N) is 2. The van der Waals surface area contributed by atoms with Gasteiger partial charge in [0.15, 0.2) is 22.9 Å². The molecule has 0 saturated heterocycles. The van der Waals surface area contributed by atoms with E-state index in [1.165, 1.54) is 12.4 Å². The Morgan fingerprint density at radius 1 is 0.692 bits per heavy atom. The summed E-state index contributed by atoms with van der Waals surface area (Å²) in [5, 5.41) is 33.4. The number of carbonyl (C=O) groups is 3. The SMILES string of the molecule is CCCCOC(=O)c1ncc2cc(S(=O)c3ccccc3)ccc2c1O.O=C(O)CNC(=O)c1ncc2cc(S(=O)c3ccccc3)ccc2c1O. The van der Waals surface area contributed by atoms with Crippen molar-refractivity contribution in [3.05, 3.63) is 121 Å². The number of fused-ring (bicyclic) bond motifs is 2. The molecule has 266 valence electrons. The fourth-order valence-electron chi connectivity index (χ4n) is 4.90. The van der Waals surface area contributed by atoms with Gasteiger partial charge in [-0.25, -0.2) is 23.2 Å². The molecule has 52 heavy (non-hydrogen) atoms. The maximum absolute atomic E-state index is 12.7. The molecule has 0 radical (unpaired) electrons. The number of carboxylic acid groups (broad SMARTS) is 1. The minimum Gasteiger partial charge on any atom is -0.505 e. The molecule has 6 rings (SSSR count). The van der Waals surface area contributed by atoms with Gasteiger partial charge in [0, 0.05) is 53.5 Å². The van der Waals surface area contributed by atoms with Gasteiger partial charge in [0.25, 0.3) is 5.91 Å². The zero-order valence-corrected chi connectivity index (χ0v) is 29.4. The number of carbonyl (C=O) groups excluding carboxylic acids is 2. The van der Waals surface area contributed by atoms with E-state index < -0.39 is 46.0 Å². The number of aromatic nitrogens is 2. The van der Waals surface area contributed by atoms with Crippen LogP contribution in [-0.4, -0.2) is 64.7 Å². The van der Waals surface area contributed by atoms with Crippen LogP contribution in [-0.2, 0) is 31.1 Å². The normalized spacial score (nSPS) is 11.9. The molecule has 0 saturated carbocycles. The lowest BCUT2D eigenvalue weighted by molar-refractivity contribution is -0.135. The van der Waals surface area contributed by atoms with Gasteiger partial charge in [0.05, 0.1) is 28.2 Å². The van der Waals surface area contributed by atoms with Crippen molar-refractivity contribution in [2.24, 2.45) is 0 Å².